The van der Waals surface area contributed by atoms with Crippen molar-refractivity contribution in [2.24, 2.45) is 0 Å². The van der Waals surface area contributed by atoms with Gasteiger partial charge in [-0.2, -0.15) is 0 Å². The number of carboxylic acid groups (broad SMARTS) is 1. The zero-order chi connectivity index (χ0) is 10.9. The second-order valence-corrected chi connectivity index (χ2v) is 6.92. The second kappa shape index (κ2) is 8.34. The van der Waals surface area contributed by atoms with Crippen LogP contribution in [-0.4, -0.2) is 56.9 Å². The van der Waals surface area contributed by atoms with Crippen LogP contribution in [0, 0.1) is 0 Å². The van der Waals surface area contributed by atoms with Gasteiger partial charge in [0.2, 0.25) is 0 Å². The van der Waals surface area contributed by atoms with Crippen molar-refractivity contribution in [3.8, 4) is 0 Å². The van der Waals surface area contributed by atoms with Gasteiger partial charge < -0.3 is 5.11 Å². The summed E-state index contributed by atoms with van der Waals surface area (Å²) in [5.74, 6) is -0.833. The van der Waals surface area contributed by atoms with Gasteiger partial charge in [0.05, 0.1) is 0 Å². The molecule has 82 valence electrons. The van der Waals surface area contributed by atoms with Crippen molar-refractivity contribution in [3.05, 3.63) is 0 Å². The van der Waals surface area contributed by atoms with Crippen molar-refractivity contribution in [1.29, 1.82) is 0 Å². The monoisotopic (exact) mass is 216 g/mol. The summed E-state index contributed by atoms with van der Waals surface area (Å²) in [6, 6.07) is 0. The average molecular weight is 216 g/mol. The van der Waals surface area contributed by atoms with Crippen molar-refractivity contribution >= 4 is 13.2 Å². The quantitative estimate of drug-likeness (QED) is 0.370. The van der Waals surface area contributed by atoms with Crippen LogP contribution >= 0.6 is 7.26 Å². The SMILES string of the molecule is CC(=O)O.OC[PH](CO)(CO)CO. The van der Waals surface area contributed by atoms with Gasteiger partial charge in [-0.15, -0.1) is 0 Å². The Morgan fingerprint density at radius 3 is 1.15 bits per heavy atom. The number of aliphatic carboxylic acids is 1. The molecule has 0 heterocycles. The predicted octanol–water partition coefficient (Wildman–Crippen LogP) is -1.37. The van der Waals surface area contributed by atoms with Gasteiger partial charge in [0.1, 0.15) is 0 Å². The maximum atomic E-state index is 9.00. The van der Waals surface area contributed by atoms with E-state index in [9.17, 15) is 0 Å². The van der Waals surface area contributed by atoms with E-state index in [0.717, 1.165) is 6.92 Å². The van der Waals surface area contributed by atoms with Crippen LogP contribution in [0.15, 0.2) is 0 Å². The molecule has 13 heavy (non-hydrogen) atoms. The first-order chi connectivity index (χ1) is 5.97. The van der Waals surface area contributed by atoms with E-state index < -0.39 is 13.2 Å². The Bertz CT molecular complexity index is 114. The summed E-state index contributed by atoms with van der Waals surface area (Å²) < 4.78 is 0. The number of hydrogen-bond acceptors (Lipinski definition) is 5. The molecule has 0 amide bonds. The number of rotatable bonds is 4. The Morgan fingerprint density at radius 2 is 1.15 bits per heavy atom. The molecule has 0 aliphatic rings. The molecule has 0 rings (SSSR count). The van der Waals surface area contributed by atoms with Gasteiger partial charge in [-0.25, -0.2) is 0 Å². The minimum absolute atomic E-state index is 0.267. The van der Waals surface area contributed by atoms with Crippen LogP contribution in [0.1, 0.15) is 6.92 Å². The summed E-state index contributed by atoms with van der Waals surface area (Å²) in [5.41, 5.74) is 0. The normalized spacial score (nSPS) is 11.5. The Labute approximate surface area is 76.8 Å². The first-order valence-corrected chi connectivity index (χ1v) is 6.44. The van der Waals surface area contributed by atoms with Crippen LogP contribution in [0.4, 0.5) is 0 Å². The Hall–Kier alpha value is -0.260. The molecule has 7 heteroatoms. The van der Waals surface area contributed by atoms with Gasteiger partial charge in [0, 0.05) is 6.92 Å². The van der Waals surface area contributed by atoms with Crippen LogP contribution in [0.25, 0.3) is 0 Å². The third-order valence-electron chi connectivity index (χ3n) is 1.34. The molecule has 0 spiro atoms. The van der Waals surface area contributed by atoms with Gasteiger partial charge in [0.15, 0.2) is 0 Å². The third-order valence-corrected chi connectivity index (χ3v) is 4.02. The molecule has 0 saturated carbocycles. The zero-order valence-electron chi connectivity index (χ0n) is 7.47. The van der Waals surface area contributed by atoms with E-state index in [1.807, 2.05) is 0 Å². The molecular formula is C6H17O6P. The molecule has 0 unspecified atom stereocenters. The van der Waals surface area contributed by atoms with E-state index in [0.29, 0.717) is 0 Å². The van der Waals surface area contributed by atoms with E-state index >= 15 is 0 Å². The molecule has 0 fully saturated rings. The van der Waals surface area contributed by atoms with Gasteiger partial charge >= 0.3 is 53.1 Å². The standard InChI is InChI=1S/C4H13O4P.C2H4O2/c5-1-9(2-6,3-7)4-8;1-2(3)4/h5-9H,1-4H2;1H3,(H,3,4). The number of carbonyl (C=O) groups is 1. The van der Waals surface area contributed by atoms with E-state index in [1.165, 1.54) is 0 Å². The van der Waals surface area contributed by atoms with Crippen LogP contribution in [0.2, 0.25) is 0 Å². The molecular weight excluding hydrogens is 199 g/mol. The molecule has 5 N–H and O–H groups in total. The predicted molar refractivity (Wildman–Crippen MR) is 50.0 cm³/mol. The molecule has 0 aliphatic heterocycles. The van der Waals surface area contributed by atoms with Gasteiger partial charge in [-0.1, -0.05) is 0 Å². The number of aliphatic hydroxyl groups excluding tert-OH is 4. The number of carboxylic acids is 1. The third kappa shape index (κ3) is 8.08. The van der Waals surface area contributed by atoms with E-state index in [4.69, 9.17) is 30.3 Å². The van der Waals surface area contributed by atoms with Gasteiger partial charge in [-0.3, -0.25) is 4.79 Å². The van der Waals surface area contributed by atoms with Crippen molar-refractivity contribution in [2.45, 2.75) is 6.92 Å². The van der Waals surface area contributed by atoms with Crippen LogP contribution in [-0.2, 0) is 4.79 Å². The van der Waals surface area contributed by atoms with E-state index in [2.05, 4.69) is 0 Å². The van der Waals surface area contributed by atoms with Crippen LogP contribution < -0.4 is 0 Å². The topological polar surface area (TPSA) is 118 Å². The molecule has 0 bridgehead atoms. The molecule has 0 atom stereocenters. The molecule has 0 radical (unpaired) electrons. The first kappa shape index (κ1) is 15.2. The zero-order valence-corrected chi connectivity index (χ0v) is 8.47. The first-order valence-electron chi connectivity index (χ1n) is 3.61. The Balaban J connectivity index is 0. The summed E-state index contributed by atoms with van der Waals surface area (Å²) >= 11 is 0. The molecule has 0 aliphatic carbocycles. The molecule has 6 nitrogen and oxygen atoms in total. The van der Waals surface area contributed by atoms with Crippen molar-refractivity contribution < 1.29 is 30.3 Å². The number of aliphatic hydroxyl groups is 4. The second-order valence-electron chi connectivity index (χ2n) is 2.65. The summed E-state index contributed by atoms with van der Waals surface area (Å²) in [4.78, 5) is 9.00. The Kier molecular flexibility index (Phi) is 9.77. The summed E-state index contributed by atoms with van der Waals surface area (Å²) in [5, 5.41) is 41.6. The van der Waals surface area contributed by atoms with Crippen molar-refractivity contribution in [3.63, 3.8) is 0 Å². The summed E-state index contributed by atoms with van der Waals surface area (Å²) in [6.07, 6.45) is -1.07. The average Bonchev–Trinajstić information content (AvgIpc) is 2.09. The molecule has 0 aromatic rings. The van der Waals surface area contributed by atoms with Crippen molar-refractivity contribution in [2.75, 3.05) is 25.4 Å². The van der Waals surface area contributed by atoms with Gasteiger partial charge in [-0.05, 0) is 0 Å². The van der Waals surface area contributed by atoms with Gasteiger partial charge in [0.25, 0.3) is 5.97 Å². The van der Waals surface area contributed by atoms with E-state index in [-0.39, 0.29) is 25.4 Å². The maximum absolute atomic E-state index is 9.00. The minimum atomic E-state index is -2.47. The van der Waals surface area contributed by atoms with Crippen LogP contribution in [0.5, 0.6) is 0 Å². The van der Waals surface area contributed by atoms with Crippen LogP contribution in [0.3, 0.4) is 0 Å². The fourth-order valence-corrected chi connectivity index (χ4v) is 0.900. The number of hydrogen-bond donors (Lipinski definition) is 5. The van der Waals surface area contributed by atoms with E-state index in [1.54, 1.807) is 0 Å². The summed E-state index contributed by atoms with van der Waals surface area (Å²) in [7, 11) is -2.47. The molecule has 0 saturated heterocycles. The fraction of sp³-hybridized carbons (Fsp3) is 0.833. The molecule has 0 aromatic heterocycles. The fourth-order valence-electron chi connectivity index (χ4n) is 0.300. The van der Waals surface area contributed by atoms with Crippen molar-refractivity contribution in [1.82, 2.24) is 0 Å². The molecule has 0 aromatic carbocycles. The Morgan fingerprint density at radius 1 is 1.00 bits per heavy atom. The summed E-state index contributed by atoms with van der Waals surface area (Å²) in [6.45, 7) is 1.08.